The Kier molecular flexibility index (Phi) is 3.32. The van der Waals surface area contributed by atoms with Gasteiger partial charge in [-0.15, -0.1) is 0 Å². The minimum absolute atomic E-state index is 0.0749. The average Bonchev–Trinajstić information content (AvgIpc) is 2.96. The van der Waals surface area contributed by atoms with Gasteiger partial charge in [0.15, 0.2) is 0 Å². The highest BCUT2D eigenvalue weighted by Gasteiger charge is 2.13. The van der Waals surface area contributed by atoms with Crippen molar-refractivity contribution in [2.75, 3.05) is 0 Å². The van der Waals surface area contributed by atoms with Crippen molar-refractivity contribution in [1.82, 2.24) is 25.1 Å². The number of imidazole rings is 1. The van der Waals surface area contributed by atoms with Crippen LogP contribution in [0.3, 0.4) is 0 Å². The van der Waals surface area contributed by atoms with E-state index in [0.29, 0.717) is 5.82 Å². The van der Waals surface area contributed by atoms with Crippen LogP contribution in [0.2, 0.25) is 0 Å². The van der Waals surface area contributed by atoms with E-state index in [4.69, 9.17) is 0 Å². The number of hydrogen-bond acceptors (Lipinski definition) is 5. The molecule has 0 aliphatic heterocycles. The van der Waals surface area contributed by atoms with E-state index in [0.717, 1.165) is 0 Å². The van der Waals surface area contributed by atoms with Crippen LogP contribution in [0.1, 0.15) is 5.82 Å². The summed E-state index contributed by atoms with van der Waals surface area (Å²) in [7, 11) is 0. The molecule has 0 aliphatic rings. The fourth-order valence-electron chi connectivity index (χ4n) is 1.32. The number of rotatable bonds is 5. The summed E-state index contributed by atoms with van der Waals surface area (Å²) in [5, 5.41) is 16.6. The molecule has 0 saturated carbocycles. The topological polar surface area (TPSA) is 119 Å². The maximum Gasteiger partial charge on any atom is 0.389 e. The van der Waals surface area contributed by atoms with Crippen LogP contribution in [0.4, 0.5) is 5.82 Å². The Morgan fingerprint density at radius 2 is 2.44 bits per heavy atom. The van der Waals surface area contributed by atoms with E-state index in [9.17, 15) is 14.9 Å². The lowest BCUT2D eigenvalue weighted by Crippen LogP contribution is -2.27. The number of amides is 1. The van der Waals surface area contributed by atoms with Gasteiger partial charge in [0.05, 0.1) is 23.9 Å². The number of hydrogen-bond donors (Lipinski definition) is 2. The molecule has 2 N–H and O–H groups in total. The summed E-state index contributed by atoms with van der Waals surface area (Å²) >= 11 is 0. The lowest BCUT2D eigenvalue weighted by Gasteiger charge is -2.01. The van der Waals surface area contributed by atoms with Crippen LogP contribution in [0, 0.1) is 10.1 Å². The summed E-state index contributed by atoms with van der Waals surface area (Å²) in [5.74, 6) is 0.0491. The Bertz CT molecular complexity index is 546. The van der Waals surface area contributed by atoms with Crippen molar-refractivity contribution >= 4 is 11.7 Å². The van der Waals surface area contributed by atoms with E-state index < -0.39 is 4.92 Å². The Morgan fingerprint density at radius 1 is 1.61 bits per heavy atom. The summed E-state index contributed by atoms with van der Waals surface area (Å²) < 4.78 is 1.20. The van der Waals surface area contributed by atoms with Crippen molar-refractivity contribution in [3.05, 3.63) is 40.6 Å². The molecular weight excluding hydrogens is 240 g/mol. The molecular formula is C9H10N6O3. The number of nitrogens with zero attached hydrogens (tertiary/aromatic N) is 4. The van der Waals surface area contributed by atoms with Gasteiger partial charge in [-0.05, 0) is 4.92 Å². The van der Waals surface area contributed by atoms with E-state index in [1.54, 1.807) is 12.4 Å². The van der Waals surface area contributed by atoms with Gasteiger partial charge in [-0.3, -0.25) is 4.79 Å². The van der Waals surface area contributed by atoms with Gasteiger partial charge >= 0.3 is 5.82 Å². The van der Waals surface area contributed by atoms with Gasteiger partial charge < -0.3 is 20.4 Å². The normalized spacial score (nSPS) is 10.2. The molecule has 2 heterocycles. The number of nitrogens with one attached hydrogen (secondary N) is 2. The second-order valence-corrected chi connectivity index (χ2v) is 3.44. The molecule has 2 aromatic rings. The van der Waals surface area contributed by atoms with Crippen LogP contribution in [-0.4, -0.2) is 30.6 Å². The predicted octanol–water partition coefficient (Wildman–Crippen LogP) is -0.169. The molecule has 94 valence electrons. The van der Waals surface area contributed by atoms with Gasteiger partial charge in [0, 0.05) is 12.4 Å². The van der Waals surface area contributed by atoms with Crippen molar-refractivity contribution in [2.45, 2.75) is 13.1 Å². The predicted molar refractivity (Wildman–Crippen MR) is 59.3 cm³/mol. The first-order chi connectivity index (χ1) is 8.65. The molecule has 9 nitrogen and oxygen atoms in total. The smallest absolute Gasteiger partial charge is 0.358 e. The van der Waals surface area contributed by atoms with Gasteiger partial charge in [0.1, 0.15) is 12.4 Å². The minimum atomic E-state index is -0.614. The standard InChI is InChI=1S/C9H10N6O3/c16-9(12-5-7-10-2-3-11-7)6-14-4-1-8(13-14)15(17)18/h1-4H,5-6H2,(H,10,11)(H,12,16). The third-order valence-electron chi connectivity index (χ3n) is 2.13. The van der Waals surface area contributed by atoms with Crippen molar-refractivity contribution in [1.29, 1.82) is 0 Å². The van der Waals surface area contributed by atoms with Crippen molar-refractivity contribution in [3.8, 4) is 0 Å². The molecule has 2 rings (SSSR count). The molecule has 2 aromatic heterocycles. The van der Waals surface area contributed by atoms with Crippen molar-refractivity contribution in [3.63, 3.8) is 0 Å². The number of H-pyrrole nitrogens is 1. The minimum Gasteiger partial charge on any atom is -0.358 e. The first kappa shape index (κ1) is 11.8. The molecule has 1 amide bonds. The maximum atomic E-state index is 11.5. The Balaban J connectivity index is 1.85. The second kappa shape index (κ2) is 5.08. The highest BCUT2D eigenvalue weighted by molar-refractivity contribution is 5.75. The largest absolute Gasteiger partial charge is 0.389 e. The van der Waals surface area contributed by atoms with Gasteiger partial charge in [-0.2, -0.15) is 4.68 Å². The first-order valence-electron chi connectivity index (χ1n) is 5.08. The maximum absolute atomic E-state index is 11.5. The SMILES string of the molecule is O=C(Cn1ccc([N+](=O)[O-])n1)NCc1ncc[nH]1. The molecule has 0 bridgehead atoms. The molecule has 0 atom stereocenters. The van der Waals surface area contributed by atoms with Gasteiger partial charge in [0.25, 0.3) is 0 Å². The highest BCUT2D eigenvalue weighted by Crippen LogP contribution is 2.04. The molecule has 0 radical (unpaired) electrons. The quantitative estimate of drug-likeness (QED) is 0.564. The summed E-state index contributed by atoms with van der Waals surface area (Å²) in [6, 6.07) is 1.24. The van der Waals surface area contributed by atoms with E-state index in [2.05, 4.69) is 20.4 Å². The van der Waals surface area contributed by atoms with E-state index in [1.165, 1.54) is 16.9 Å². The number of carbonyl (C=O) groups excluding carboxylic acids is 1. The average molecular weight is 250 g/mol. The monoisotopic (exact) mass is 250 g/mol. The van der Waals surface area contributed by atoms with Crippen LogP contribution >= 0.6 is 0 Å². The summed E-state index contributed by atoms with van der Waals surface area (Å²) in [6.45, 7) is 0.198. The van der Waals surface area contributed by atoms with E-state index in [1.807, 2.05) is 0 Å². The molecule has 0 aromatic carbocycles. The molecule has 18 heavy (non-hydrogen) atoms. The highest BCUT2D eigenvalue weighted by atomic mass is 16.6. The number of aromatic amines is 1. The Morgan fingerprint density at radius 3 is 3.06 bits per heavy atom. The molecule has 0 aliphatic carbocycles. The molecule has 0 saturated heterocycles. The van der Waals surface area contributed by atoms with Crippen LogP contribution in [0.15, 0.2) is 24.7 Å². The number of carbonyl (C=O) groups is 1. The van der Waals surface area contributed by atoms with Crippen molar-refractivity contribution in [2.24, 2.45) is 0 Å². The van der Waals surface area contributed by atoms with Crippen molar-refractivity contribution < 1.29 is 9.72 Å². The zero-order valence-electron chi connectivity index (χ0n) is 9.24. The zero-order chi connectivity index (χ0) is 13.0. The molecule has 0 spiro atoms. The van der Waals surface area contributed by atoms with Crippen LogP contribution in [-0.2, 0) is 17.9 Å². The number of nitro groups is 1. The number of aromatic nitrogens is 4. The van der Waals surface area contributed by atoms with E-state index >= 15 is 0 Å². The second-order valence-electron chi connectivity index (χ2n) is 3.44. The third-order valence-corrected chi connectivity index (χ3v) is 2.13. The summed E-state index contributed by atoms with van der Waals surface area (Å²) in [4.78, 5) is 28.1. The fourth-order valence-corrected chi connectivity index (χ4v) is 1.32. The zero-order valence-corrected chi connectivity index (χ0v) is 9.24. The van der Waals surface area contributed by atoms with Gasteiger partial charge in [-0.25, -0.2) is 4.98 Å². The first-order valence-corrected chi connectivity index (χ1v) is 5.08. The Hall–Kier alpha value is -2.71. The fraction of sp³-hybridized carbons (Fsp3) is 0.222. The van der Waals surface area contributed by atoms with Crippen LogP contribution in [0.5, 0.6) is 0 Å². The third kappa shape index (κ3) is 2.90. The lowest BCUT2D eigenvalue weighted by molar-refractivity contribution is -0.389. The van der Waals surface area contributed by atoms with Gasteiger partial charge in [-0.1, -0.05) is 0 Å². The van der Waals surface area contributed by atoms with Crippen LogP contribution < -0.4 is 5.32 Å². The summed E-state index contributed by atoms with van der Waals surface area (Å²) in [5.41, 5.74) is 0. The van der Waals surface area contributed by atoms with Crippen LogP contribution in [0.25, 0.3) is 0 Å². The summed E-state index contributed by atoms with van der Waals surface area (Å²) in [6.07, 6.45) is 4.61. The molecule has 0 unspecified atom stereocenters. The Labute approximate surface area is 101 Å². The van der Waals surface area contributed by atoms with E-state index in [-0.39, 0.29) is 24.8 Å². The lowest BCUT2D eigenvalue weighted by atomic mass is 10.5. The molecule has 9 heteroatoms. The van der Waals surface area contributed by atoms with Gasteiger partial charge in [0.2, 0.25) is 5.91 Å². The molecule has 0 fully saturated rings.